The molecule has 5 N–H and O–H groups in total. The van der Waals surface area contributed by atoms with E-state index in [0.29, 0.717) is 10.2 Å². The molecule has 1 aromatic heterocycles. The minimum atomic E-state index is -5.21. The van der Waals surface area contributed by atoms with Crippen LogP contribution in [0, 0.1) is 0 Å². The Kier molecular flexibility index (Phi) is 3.97. The van der Waals surface area contributed by atoms with E-state index in [-0.39, 0.29) is 5.01 Å². The largest absolute Gasteiger partial charge is 0.387 e. The van der Waals surface area contributed by atoms with Gasteiger partial charge in [0.05, 0.1) is 10.2 Å². The summed E-state index contributed by atoms with van der Waals surface area (Å²) in [5.74, 6) is 0. The molecule has 5 atom stereocenters. The van der Waals surface area contributed by atoms with Crippen molar-refractivity contribution < 1.29 is 38.1 Å². The van der Waals surface area contributed by atoms with E-state index in [1.54, 1.807) is 24.3 Å². The molecule has 0 aliphatic carbocycles. The molecule has 132 valence electrons. The summed E-state index contributed by atoms with van der Waals surface area (Å²) in [5, 5.41) is 39.9. The molecular weight excluding hydrogens is 362 g/mol. The Morgan fingerprint density at radius 1 is 1.21 bits per heavy atom. The van der Waals surface area contributed by atoms with Gasteiger partial charge in [0.25, 0.3) is 4.93 Å². The molecule has 1 aliphatic rings. The molecule has 1 aromatic carbocycles. The molecule has 1 unspecified atom stereocenters. The molecule has 0 bridgehead atoms. The van der Waals surface area contributed by atoms with Crippen molar-refractivity contribution >= 4 is 31.7 Å². The van der Waals surface area contributed by atoms with E-state index in [0.717, 1.165) is 18.3 Å². The monoisotopic (exact) mass is 377 g/mol. The maximum absolute atomic E-state index is 12.0. The SMILES string of the molecule is C[C@]1(O)[C@H](O)OC(c2nc3ccccc3s2)(S(=O)(=O)O)[C@@H](O)[C@@H]1O. The minimum Gasteiger partial charge on any atom is -0.387 e. The zero-order valence-corrected chi connectivity index (χ0v) is 13.9. The first-order chi connectivity index (χ1) is 11.0. The number of nitrogens with zero attached hydrogens (tertiary/aromatic N) is 1. The zero-order valence-electron chi connectivity index (χ0n) is 12.3. The second-order valence-corrected chi connectivity index (χ2v) is 8.30. The summed E-state index contributed by atoms with van der Waals surface area (Å²) in [6.07, 6.45) is -6.63. The van der Waals surface area contributed by atoms with Gasteiger partial charge in [-0.1, -0.05) is 12.1 Å². The fourth-order valence-electron chi connectivity index (χ4n) is 2.55. The zero-order chi connectivity index (χ0) is 17.9. The number of ether oxygens (including phenoxy) is 1. The molecule has 11 heteroatoms. The van der Waals surface area contributed by atoms with Crippen molar-refractivity contribution in [3.05, 3.63) is 29.3 Å². The Bertz CT molecular complexity index is 846. The summed E-state index contributed by atoms with van der Waals surface area (Å²) in [6, 6.07) is 6.54. The van der Waals surface area contributed by atoms with Crippen molar-refractivity contribution in [3.63, 3.8) is 0 Å². The number of rotatable bonds is 2. The highest BCUT2D eigenvalue weighted by Gasteiger charge is 2.67. The van der Waals surface area contributed by atoms with Gasteiger partial charge in [0.15, 0.2) is 6.29 Å². The lowest BCUT2D eigenvalue weighted by atomic mass is 9.88. The van der Waals surface area contributed by atoms with E-state index in [2.05, 4.69) is 4.98 Å². The van der Waals surface area contributed by atoms with Gasteiger partial charge in [0.1, 0.15) is 22.8 Å². The fraction of sp³-hybridized carbons (Fsp3) is 0.462. The Hall–Kier alpha value is -1.18. The van der Waals surface area contributed by atoms with Gasteiger partial charge in [-0.3, -0.25) is 4.55 Å². The van der Waals surface area contributed by atoms with E-state index in [1.807, 2.05) is 0 Å². The molecule has 1 saturated heterocycles. The maximum atomic E-state index is 12.0. The van der Waals surface area contributed by atoms with Crippen molar-refractivity contribution in [1.29, 1.82) is 0 Å². The molecule has 9 nitrogen and oxygen atoms in total. The van der Waals surface area contributed by atoms with Crippen LogP contribution >= 0.6 is 11.3 Å². The smallest absolute Gasteiger partial charge is 0.305 e. The molecule has 2 heterocycles. The Morgan fingerprint density at radius 3 is 2.42 bits per heavy atom. The first kappa shape index (κ1) is 17.6. The van der Waals surface area contributed by atoms with E-state index < -0.39 is 39.2 Å². The van der Waals surface area contributed by atoms with Crippen LogP contribution in [-0.4, -0.2) is 62.5 Å². The Balaban J connectivity index is 2.27. The molecule has 0 spiro atoms. The normalized spacial score (nSPS) is 37.7. The predicted octanol–water partition coefficient (Wildman–Crippen LogP) is -0.842. The lowest BCUT2D eigenvalue weighted by Gasteiger charge is -2.48. The number of thiazole rings is 1. The molecule has 0 radical (unpaired) electrons. The number of aromatic nitrogens is 1. The predicted molar refractivity (Wildman–Crippen MR) is 82.6 cm³/mol. The Morgan fingerprint density at radius 2 is 1.83 bits per heavy atom. The van der Waals surface area contributed by atoms with Crippen LogP contribution in [0.2, 0.25) is 0 Å². The van der Waals surface area contributed by atoms with Gasteiger partial charge in [-0.15, -0.1) is 11.3 Å². The van der Waals surface area contributed by atoms with Gasteiger partial charge in [-0.05, 0) is 19.1 Å². The number of para-hydroxylation sites is 1. The quantitative estimate of drug-likeness (QED) is 0.421. The average molecular weight is 377 g/mol. The maximum Gasteiger partial charge on any atom is 0.305 e. The highest BCUT2D eigenvalue weighted by atomic mass is 32.2. The van der Waals surface area contributed by atoms with Crippen molar-refractivity contribution in [1.82, 2.24) is 4.98 Å². The van der Waals surface area contributed by atoms with Gasteiger partial charge in [0, 0.05) is 0 Å². The van der Waals surface area contributed by atoms with Gasteiger partial charge < -0.3 is 25.2 Å². The van der Waals surface area contributed by atoms with E-state index >= 15 is 0 Å². The Labute approximate surface area is 140 Å². The van der Waals surface area contributed by atoms with Gasteiger partial charge in [-0.2, -0.15) is 8.42 Å². The molecule has 0 amide bonds. The summed E-state index contributed by atoms with van der Waals surface area (Å²) in [4.78, 5) is 1.10. The molecular formula is C13H15NO8S2. The molecule has 1 fully saturated rings. The van der Waals surface area contributed by atoms with Gasteiger partial charge in [0.2, 0.25) is 0 Å². The van der Waals surface area contributed by atoms with Crippen LogP contribution in [0.3, 0.4) is 0 Å². The van der Waals surface area contributed by atoms with Crippen LogP contribution in [0.4, 0.5) is 0 Å². The highest BCUT2D eigenvalue weighted by molar-refractivity contribution is 7.86. The summed E-state index contributed by atoms with van der Waals surface area (Å²) < 4.78 is 39.3. The summed E-state index contributed by atoms with van der Waals surface area (Å²) in [5.41, 5.74) is -1.98. The van der Waals surface area contributed by atoms with Crippen LogP contribution in [0.5, 0.6) is 0 Å². The van der Waals surface area contributed by atoms with Crippen LogP contribution in [0.15, 0.2) is 24.3 Å². The number of benzene rings is 1. The number of aliphatic hydroxyl groups is 4. The number of hydrogen-bond acceptors (Lipinski definition) is 9. The van der Waals surface area contributed by atoms with Crippen molar-refractivity contribution in [2.75, 3.05) is 0 Å². The lowest BCUT2D eigenvalue weighted by molar-refractivity contribution is -0.336. The van der Waals surface area contributed by atoms with E-state index in [1.165, 1.54) is 0 Å². The first-order valence-corrected chi connectivity index (χ1v) is 9.05. The topological polar surface area (TPSA) is 157 Å². The molecule has 0 saturated carbocycles. The van der Waals surface area contributed by atoms with Crippen LogP contribution < -0.4 is 0 Å². The van der Waals surface area contributed by atoms with Crippen LogP contribution in [0.1, 0.15) is 11.9 Å². The average Bonchev–Trinajstić information content (AvgIpc) is 2.92. The molecule has 1 aliphatic heterocycles. The fourth-order valence-corrected chi connectivity index (χ4v) is 4.93. The second kappa shape index (κ2) is 5.41. The third-order valence-corrected chi connectivity index (χ3v) is 6.63. The van der Waals surface area contributed by atoms with Crippen molar-refractivity contribution in [3.8, 4) is 0 Å². The lowest BCUT2D eigenvalue weighted by Crippen LogP contribution is -2.70. The summed E-state index contributed by atoms with van der Waals surface area (Å²) in [6.45, 7) is 0.956. The molecule has 2 aromatic rings. The molecule has 24 heavy (non-hydrogen) atoms. The second-order valence-electron chi connectivity index (χ2n) is 5.72. The summed E-state index contributed by atoms with van der Waals surface area (Å²) >= 11 is 0.798. The third-order valence-electron chi connectivity index (χ3n) is 4.05. The van der Waals surface area contributed by atoms with Crippen LogP contribution in [-0.2, 0) is 19.8 Å². The highest BCUT2D eigenvalue weighted by Crippen LogP contribution is 2.46. The van der Waals surface area contributed by atoms with Crippen molar-refractivity contribution in [2.45, 2.75) is 36.0 Å². The van der Waals surface area contributed by atoms with E-state index in [9.17, 15) is 33.4 Å². The molecule has 3 rings (SSSR count). The number of fused-ring (bicyclic) bond motifs is 1. The standard InChI is InChI=1S/C13H15NO8S2/c1-12(18)8(15)9(16)13(22-11(12)17,24(19,20)21)10-14-6-4-2-3-5-7(6)23-10/h2-5,8-9,11,15-18H,1H3,(H,19,20,21)/t8-,9-,11+,12+,13?/m0/s1. The minimum absolute atomic E-state index is 0.373. The van der Waals surface area contributed by atoms with Gasteiger partial charge >= 0.3 is 10.1 Å². The number of hydrogen-bond donors (Lipinski definition) is 5. The first-order valence-electron chi connectivity index (χ1n) is 6.79. The van der Waals surface area contributed by atoms with Gasteiger partial charge in [-0.25, -0.2) is 4.98 Å². The van der Waals surface area contributed by atoms with Crippen LogP contribution in [0.25, 0.3) is 10.2 Å². The summed E-state index contributed by atoms with van der Waals surface area (Å²) in [7, 11) is -5.21. The van der Waals surface area contributed by atoms with E-state index in [4.69, 9.17) is 4.74 Å². The van der Waals surface area contributed by atoms with Crippen molar-refractivity contribution in [2.24, 2.45) is 0 Å². The number of aliphatic hydroxyl groups excluding tert-OH is 3. The third kappa shape index (κ3) is 2.29.